The molecular weight excluding hydrogens is 400 g/mol. The van der Waals surface area contributed by atoms with E-state index in [9.17, 15) is 17.6 Å². The average molecular weight is 441 g/mol. The molecule has 0 saturated heterocycles. The molecule has 4 heteroatoms. The fourth-order valence-electron chi connectivity index (χ4n) is 6.01. The van der Waals surface area contributed by atoms with E-state index in [0.717, 1.165) is 36.2 Å². The molecule has 0 nitrogen and oxygen atoms in total. The summed E-state index contributed by atoms with van der Waals surface area (Å²) in [6.45, 7) is 3.77. The number of hydrogen-bond acceptors (Lipinski definition) is 0. The Morgan fingerprint density at radius 3 is 1.81 bits per heavy atom. The van der Waals surface area contributed by atoms with Crippen molar-refractivity contribution in [2.45, 2.75) is 115 Å². The Labute approximate surface area is 186 Å². The van der Waals surface area contributed by atoms with Crippen LogP contribution < -0.4 is 0 Å². The molecule has 0 amide bonds. The first-order chi connectivity index (χ1) is 14.8. The van der Waals surface area contributed by atoms with Gasteiger partial charge >= 0.3 is 11.8 Å². The second kappa shape index (κ2) is 10.7. The van der Waals surface area contributed by atoms with Gasteiger partial charge in [0.2, 0.25) is 0 Å². The van der Waals surface area contributed by atoms with Crippen LogP contribution in [-0.2, 0) is 5.92 Å². The maximum atomic E-state index is 14.3. The fraction of sp³-hybridized carbons (Fsp3) is 0.778. The minimum atomic E-state index is -4.12. The highest BCUT2D eigenvalue weighted by Gasteiger charge is 2.56. The molecule has 1 aromatic carbocycles. The molecule has 0 spiro atoms. The van der Waals surface area contributed by atoms with Crippen LogP contribution in [-0.4, -0.2) is 5.92 Å². The lowest BCUT2D eigenvalue weighted by atomic mass is 9.68. The number of hydrogen-bond donors (Lipinski definition) is 0. The summed E-state index contributed by atoms with van der Waals surface area (Å²) in [4.78, 5) is 0. The molecule has 0 aromatic heterocycles. The van der Waals surface area contributed by atoms with Crippen molar-refractivity contribution in [2.75, 3.05) is 0 Å². The van der Waals surface area contributed by atoms with E-state index >= 15 is 0 Å². The zero-order valence-corrected chi connectivity index (χ0v) is 19.3. The van der Waals surface area contributed by atoms with Crippen molar-refractivity contribution < 1.29 is 17.6 Å². The Balaban J connectivity index is 1.51. The third-order valence-electron chi connectivity index (χ3n) is 8.06. The second-order valence-corrected chi connectivity index (χ2v) is 10.2. The summed E-state index contributed by atoms with van der Waals surface area (Å²) in [5.41, 5.74) is 0.461. The summed E-state index contributed by atoms with van der Waals surface area (Å²) in [5.74, 6) is -5.14. The minimum Gasteiger partial charge on any atom is -0.199 e. The molecule has 0 atom stereocenters. The lowest BCUT2D eigenvalue weighted by Crippen LogP contribution is -2.37. The van der Waals surface area contributed by atoms with Crippen LogP contribution in [0.1, 0.15) is 114 Å². The van der Waals surface area contributed by atoms with Crippen molar-refractivity contribution in [2.24, 2.45) is 17.8 Å². The third-order valence-corrected chi connectivity index (χ3v) is 8.06. The summed E-state index contributed by atoms with van der Waals surface area (Å²) in [6.07, 6.45) is 13.4. The highest BCUT2D eigenvalue weighted by atomic mass is 19.3. The normalized spacial score (nSPS) is 27.9. The molecule has 2 saturated carbocycles. The zero-order chi connectivity index (χ0) is 22.5. The summed E-state index contributed by atoms with van der Waals surface area (Å²) in [7, 11) is 0. The molecule has 0 N–H and O–H groups in total. The van der Waals surface area contributed by atoms with Gasteiger partial charge in [0.25, 0.3) is 0 Å². The smallest absolute Gasteiger partial charge is 0.199 e. The van der Waals surface area contributed by atoms with Gasteiger partial charge in [0.05, 0.1) is 0 Å². The van der Waals surface area contributed by atoms with E-state index in [-0.39, 0.29) is 6.42 Å². The molecule has 2 aliphatic carbocycles. The van der Waals surface area contributed by atoms with Crippen LogP contribution in [0.3, 0.4) is 0 Å². The van der Waals surface area contributed by atoms with Gasteiger partial charge in [0, 0.05) is 12.0 Å². The maximum absolute atomic E-state index is 14.3. The van der Waals surface area contributed by atoms with E-state index in [0.29, 0.717) is 5.92 Å². The molecular formula is C27H40F4. The third kappa shape index (κ3) is 5.85. The van der Waals surface area contributed by atoms with Gasteiger partial charge < -0.3 is 0 Å². The lowest BCUT2D eigenvalue weighted by molar-refractivity contribution is -0.219. The van der Waals surface area contributed by atoms with Gasteiger partial charge in [-0.15, -0.1) is 0 Å². The number of halogens is 4. The number of benzene rings is 1. The highest BCUT2D eigenvalue weighted by molar-refractivity contribution is 5.29. The van der Waals surface area contributed by atoms with Crippen LogP contribution in [0.5, 0.6) is 0 Å². The van der Waals surface area contributed by atoms with E-state index in [1.807, 2.05) is 0 Å². The van der Waals surface area contributed by atoms with Crippen LogP contribution >= 0.6 is 0 Å². The van der Waals surface area contributed by atoms with Crippen LogP contribution in [0.15, 0.2) is 24.3 Å². The quantitative estimate of drug-likeness (QED) is 0.335. The van der Waals surface area contributed by atoms with Gasteiger partial charge in [-0.2, -0.15) is 17.6 Å². The fourth-order valence-corrected chi connectivity index (χ4v) is 6.01. The predicted molar refractivity (Wildman–Crippen MR) is 120 cm³/mol. The molecule has 2 aliphatic rings. The van der Waals surface area contributed by atoms with Crippen molar-refractivity contribution in [3.63, 3.8) is 0 Å². The standard InChI is InChI=1S/C27H40F4/c1-3-5-6-20-7-9-21(10-8-20)22-11-13-23(14-12-22)24-15-17-25(18-16-24)27(30,31)26(28,29)19-4-2/h15-18,20-23H,3-14,19H2,1-2H3/t20-,21-,22?,23?. The minimum absolute atomic E-state index is 0.0320. The molecule has 3 rings (SSSR count). The van der Waals surface area contributed by atoms with Crippen molar-refractivity contribution >= 4 is 0 Å². The number of rotatable bonds is 9. The largest absolute Gasteiger partial charge is 0.335 e. The van der Waals surface area contributed by atoms with E-state index in [4.69, 9.17) is 0 Å². The molecule has 176 valence electrons. The van der Waals surface area contributed by atoms with Gasteiger partial charge in [-0.05, 0) is 67.8 Å². The first kappa shape index (κ1) is 24.6. The Morgan fingerprint density at radius 1 is 0.742 bits per heavy atom. The Morgan fingerprint density at radius 2 is 1.29 bits per heavy atom. The monoisotopic (exact) mass is 440 g/mol. The molecule has 31 heavy (non-hydrogen) atoms. The highest BCUT2D eigenvalue weighted by Crippen LogP contribution is 2.47. The first-order valence-electron chi connectivity index (χ1n) is 12.6. The van der Waals surface area contributed by atoms with Crippen molar-refractivity contribution in [1.29, 1.82) is 0 Å². The Bertz CT molecular complexity index is 650. The zero-order valence-electron chi connectivity index (χ0n) is 19.3. The molecule has 0 unspecified atom stereocenters. The second-order valence-electron chi connectivity index (χ2n) is 10.2. The van der Waals surface area contributed by atoms with Gasteiger partial charge in [-0.1, -0.05) is 76.6 Å². The van der Waals surface area contributed by atoms with Gasteiger partial charge in [-0.3, -0.25) is 0 Å². The number of alkyl halides is 4. The van der Waals surface area contributed by atoms with Crippen LogP contribution in [0.2, 0.25) is 0 Å². The van der Waals surface area contributed by atoms with E-state index < -0.39 is 23.8 Å². The number of unbranched alkanes of at least 4 members (excludes halogenated alkanes) is 1. The van der Waals surface area contributed by atoms with Crippen molar-refractivity contribution in [3.8, 4) is 0 Å². The van der Waals surface area contributed by atoms with E-state index in [1.165, 1.54) is 76.8 Å². The first-order valence-corrected chi connectivity index (χ1v) is 12.6. The van der Waals surface area contributed by atoms with Crippen molar-refractivity contribution in [1.82, 2.24) is 0 Å². The van der Waals surface area contributed by atoms with Crippen LogP contribution in [0, 0.1) is 17.8 Å². The summed E-state index contributed by atoms with van der Waals surface area (Å²) < 4.78 is 56.4. The van der Waals surface area contributed by atoms with Crippen LogP contribution in [0.4, 0.5) is 17.6 Å². The molecule has 2 fully saturated rings. The molecule has 0 aliphatic heterocycles. The lowest BCUT2D eigenvalue weighted by Gasteiger charge is -2.38. The average Bonchev–Trinajstić information content (AvgIpc) is 2.78. The Hall–Kier alpha value is -1.06. The maximum Gasteiger partial charge on any atom is 0.335 e. The summed E-state index contributed by atoms with van der Waals surface area (Å²) in [6, 6.07) is 5.77. The van der Waals surface area contributed by atoms with E-state index in [2.05, 4.69) is 6.92 Å². The van der Waals surface area contributed by atoms with Gasteiger partial charge in [-0.25, -0.2) is 0 Å². The van der Waals surface area contributed by atoms with Crippen molar-refractivity contribution in [3.05, 3.63) is 35.4 Å². The van der Waals surface area contributed by atoms with E-state index in [1.54, 1.807) is 12.1 Å². The summed E-state index contributed by atoms with van der Waals surface area (Å²) in [5, 5.41) is 0. The molecule has 0 heterocycles. The molecule has 0 radical (unpaired) electrons. The topological polar surface area (TPSA) is 0 Å². The van der Waals surface area contributed by atoms with Crippen LogP contribution in [0.25, 0.3) is 0 Å². The Kier molecular flexibility index (Phi) is 8.49. The van der Waals surface area contributed by atoms with Gasteiger partial charge in [0.1, 0.15) is 0 Å². The van der Waals surface area contributed by atoms with Gasteiger partial charge in [0.15, 0.2) is 0 Å². The predicted octanol–water partition coefficient (Wildman–Crippen LogP) is 9.48. The SMILES string of the molecule is CCCC[C@H]1CC[C@H](C2CCC(c3ccc(C(F)(F)C(F)(F)CCC)cc3)CC2)CC1. The molecule has 1 aromatic rings. The molecule has 0 bridgehead atoms. The summed E-state index contributed by atoms with van der Waals surface area (Å²) >= 11 is 0.